The molecule has 0 radical (unpaired) electrons. The Hall–Kier alpha value is -4.09. The fraction of sp³-hybridized carbons (Fsp3) is 0.231. The molecule has 11 heteroatoms. The molecule has 0 aliphatic carbocycles. The van der Waals surface area contributed by atoms with Gasteiger partial charge in [-0.15, -0.1) is 0 Å². The molecule has 0 atom stereocenters. The second kappa shape index (κ2) is 12.2. The second-order valence-electron chi connectivity index (χ2n) is 8.44. The van der Waals surface area contributed by atoms with Crippen molar-refractivity contribution in [2.45, 2.75) is 25.4 Å². The standard InChI is InChI=1S/C26H26FN5O4S/c27-21-15-18(29-25(37)31-24(34)14-17-4-2-1-3-5-17)6-7-22(21)36-20-8-11-28-23(16-20)30-26(35)32-12-9-19(33)10-13-32/h1-8,11,15-16,19,33H,9-10,12-14H2,(H,28,30,35)(H2,29,31,34,37). The van der Waals surface area contributed by atoms with E-state index in [1.165, 1.54) is 30.5 Å². The molecule has 1 aliphatic rings. The van der Waals surface area contributed by atoms with Gasteiger partial charge in [0.15, 0.2) is 16.7 Å². The molecule has 0 unspecified atom stereocenters. The summed E-state index contributed by atoms with van der Waals surface area (Å²) in [5.74, 6) is -0.454. The van der Waals surface area contributed by atoms with Gasteiger partial charge in [0, 0.05) is 37.1 Å². The van der Waals surface area contributed by atoms with Gasteiger partial charge in [-0.2, -0.15) is 0 Å². The van der Waals surface area contributed by atoms with Crippen LogP contribution in [0.1, 0.15) is 18.4 Å². The number of rotatable bonds is 6. The first-order chi connectivity index (χ1) is 17.9. The highest BCUT2D eigenvalue weighted by molar-refractivity contribution is 7.80. The van der Waals surface area contributed by atoms with E-state index in [0.717, 1.165) is 5.56 Å². The highest BCUT2D eigenvalue weighted by atomic mass is 32.1. The third-order valence-corrected chi connectivity index (χ3v) is 5.80. The van der Waals surface area contributed by atoms with E-state index >= 15 is 0 Å². The minimum absolute atomic E-state index is 0.0434. The molecular weight excluding hydrogens is 497 g/mol. The number of anilines is 2. The summed E-state index contributed by atoms with van der Waals surface area (Å²) in [5.41, 5.74) is 1.18. The average Bonchev–Trinajstić information content (AvgIpc) is 2.87. The van der Waals surface area contributed by atoms with Crippen LogP contribution in [0.2, 0.25) is 0 Å². The van der Waals surface area contributed by atoms with E-state index < -0.39 is 5.82 Å². The number of thiocarbonyl (C=S) groups is 1. The summed E-state index contributed by atoms with van der Waals surface area (Å²) >= 11 is 5.16. The van der Waals surface area contributed by atoms with Gasteiger partial charge in [0.25, 0.3) is 0 Å². The van der Waals surface area contributed by atoms with Crippen LogP contribution in [-0.4, -0.2) is 51.2 Å². The number of hydrogen-bond donors (Lipinski definition) is 4. The molecule has 0 spiro atoms. The summed E-state index contributed by atoms with van der Waals surface area (Å²) in [6, 6.07) is 16.1. The molecule has 37 heavy (non-hydrogen) atoms. The van der Waals surface area contributed by atoms with Crippen LogP contribution >= 0.6 is 12.2 Å². The summed E-state index contributed by atoms with van der Waals surface area (Å²) in [6.45, 7) is 0.907. The maximum Gasteiger partial charge on any atom is 0.323 e. The maximum absolute atomic E-state index is 14.7. The number of nitrogens with one attached hydrogen (secondary N) is 3. The summed E-state index contributed by atoms with van der Waals surface area (Å²) < 4.78 is 20.4. The number of ether oxygens (including phenoxy) is 1. The Balaban J connectivity index is 1.31. The van der Waals surface area contributed by atoms with Crippen LogP contribution in [0.25, 0.3) is 0 Å². The van der Waals surface area contributed by atoms with Gasteiger partial charge in [-0.25, -0.2) is 14.2 Å². The molecule has 1 fully saturated rings. The van der Waals surface area contributed by atoms with E-state index in [2.05, 4.69) is 20.9 Å². The Morgan fingerprint density at radius 1 is 1.08 bits per heavy atom. The van der Waals surface area contributed by atoms with Crippen LogP contribution in [0.3, 0.4) is 0 Å². The number of aliphatic hydroxyl groups is 1. The Morgan fingerprint density at radius 2 is 1.84 bits per heavy atom. The number of carbonyl (C=O) groups excluding carboxylic acids is 2. The zero-order valence-corrected chi connectivity index (χ0v) is 20.6. The van der Waals surface area contributed by atoms with Crippen molar-refractivity contribution in [3.63, 3.8) is 0 Å². The maximum atomic E-state index is 14.7. The SMILES string of the molecule is O=C(Cc1ccccc1)NC(=S)Nc1ccc(Oc2ccnc(NC(=O)N3CCC(O)CC3)c2)c(F)c1. The Kier molecular flexibility index (Phi) is 8.60. The van der Waals surface area contributed by atoms with Crippen LogP contribution in [-0.2, 0) is 11.2 Å². The number of nitrogens with zero attached hydrogens (tertiary/aromatic N) is 2. The number of pyridine rings is 1. The number of benzene rings is 2. The number of carbonyl (C=O) groups is 2. The number of hydrogen-bond acceptors (Lipinski definition) is 6. The zero-order valence-electron chi connectivity index (χ0n) is 19.8. The molecule has 1 aromatic heterocycles. The normalized spacial score (nSPS) is 13.5. The van der Waals surface area contributed by atoms with E-state index in [0.29, 0.717) is 31.6 Å². The van der Waals surface area contributed by atoms with Crippen molar-refractivity contribution in [2.75, 3.05) is 23.7 Å². The van der Waals surface area contributed by atoms with Gasteiger partial charge in [-0.05, 0) is 48.8 Å². The highest BCUT2D eigenvalue weighted by Gasteiger charge is 2.21. The lowest BCUT2D eigenvalue weighted by Crippen LogP contribution is -2.42. The number of urea groups is 1. The second-order valence-corrected chi connectivity index (χ2v) is 8.85. The van der Waals surface area contributed by atoms with Gasteiger partial charge in [0.05, 0.1) is 12.5 Å². The molecular formula is C26H26FN5O4S. The van der Waals surface area contributed by atoms with Crippen LogP contribution in [0.5, 0.6) is 11.5 Å². The molecule has 3 amide bonds. The van der Waals surface area contributed by atoms with Crippen molar-refractivity contribution >= 4 is 40.8 Å². The van der Waals surface area contributed by atoms with Crippen molar-refractivity contribution in [3.8, 4) is 11.5 Å². The fourth-order valence-corrected chi connectivity index (χ4v) is 3.94. The number of aromatic nitrogens is 1. The van der Waals surface area contributed by atoms with Crippen molar-refractivity contribution < 1.29 is 23.8 Å². The third-order valence-electron chi connectivity index (χ3n) is 5.60. The molecule has 1 aliphatic heterocycles. The first-order valence-electron chi connectivity index (χ1n) is 11.7. The first-order valence-corrected chi connectivity index (χ1v) is 12.1. The van der Waals surface area contributed by atoms with Crippen LogP contribution < -0.4 is 20.7 Å². The Bertz CT molecular complexity index is 1270. The first kappa shape index (κ1) is 26.0. The molecule has 0 bridgehead atoms. The lowest BCUT2D eigenvalue weighted by molar-refractivity contribution is -0.119. The third kappa shape index (κ3) is 7.69. The molecule has 1 saturated heterocycles. The van der Waals surface area contributed by atoms with Crippen LogP contribution in [0, 0.1) is 5.82 Å². The summed E-state index contributed by atoms with van der Waals surface area (Å²) in [7, 11) is 0. The minimum atomic E-state index is -0.655. The molecule has 2 heterocycles. The number of amides is 3. The molecule has 4 N–H and O–H groups in total. The molecule has 4 rings (SSSR count). The van der Waals surface area contributed by atoms with E-state index in [4.69, 9.17) is 17.0 Å². The zero-order chi connectivity index (χ0) is 26.2. The van der Waals surface area contributed by atoms with Crippen molar-refractivity contribution in [2.24, 2.45) is 0 Å². The van der Waals surface area contributed by atoms with Crippen LogP contribution in [0.15, 0.2) is 66.9 Å². The van der Waals surface area contributed by atoms with Gasteiger partial charge < -0.3 is 25.4 Å². The largest absolute Gasteiger partial charge is 0.454 e. The van der Waals surface area contributed by atoms with E-state index in [1.54, 1.807) is 11.0 Å². The summed E-state index contributed by atoms with van der Waals surface area (Å²) in [5, 5.41) is 17.7. The molecule has 9 nitrogen and oxygen atoms in total. The van der Waals surface area contributed by atoms with E-state index in [9.17, 15) is 19.1 Å². The Labute approximate surface area is 218 Å². The predicted octanol–water partition coefficient (Wildman–Crippen LogP) is 4.06. The number of aliphatic hydroxyl groups excluding tert-OH is 1. The number of halogens is 1. The Morgan fingerprint density at radius 3 is 2.57 bits per heavy atom. The lowest BCUT2D eigenvalue weighted by Gasteiger charge is -2.29. The van der Waals surface area contributed by atoms with Crippen molar-refractivity contribution in [1.82, 2.24) is 15.2 Å². The van der Waals surface area contributed by atoms with Gasteiger partial charge >= 0.3 is 6.03 Å². The van der Waals surface area contributed by atoms with Crippen LogP contribution in [0.4, 0.5) is 20.7 Å². The van der Waals surface area contributed by atoms with Gasteiger partial charge in [0.1, 0.15) is 11.6 Å². The topological polar surface area (TPSA) is 116 Å². The van der Waals surface area contributed by atoms with Crippen molar-refractivity contribution in [1.29, 1.82) is 0 Å². The highest BCUT2D eigenvalue weighted by Crippen LogP contribution is 2.28. The molecule has 192 valence electrons. The van der Waals surface area contributed by atoms with E-state index in [-0.39, 0.29) is 46.9 Å². The number of piperidine rings is 1. The molecule has 2 aromatic carbocycles. The van der Waals surface area contributed by atoms with Gasteiger partial charge in [0.2, 0.25) is 5.91 Å². The lowest BCUT2D eigenvalue weighted by atomic mass is 10.1. The molecule has 0 saturated carbocycles. The monoisotopic (exact) mass is 523 g/mol. The van der Waals surface area contributed by atoms with E-state index in [1.807, 2.05) is 30.3 Å². The summed E-state index contributed by atoms with van der Waals surface area (Å²) in [4.78, 5) is 30.3. The summed E-state index contributed by atoms with van der Waals surface area (Å²) in [6.07, 6.45) is 2.27. The average molecular weight is 524 g/mol. The van der Waals surface area contributed by atoms with Gasteiger partial charge in [-0.1, -0.05) is 30.3 Å². The van der Waals surface area contributed by atoms with Crippen molar-refractivity contribution in [3.05, 3.63) is 78.2 Å². The van der Waals surface area contributed by atoms with Gasteiger partial charge in [-0.3, -0.25) is 10.1 Å². The quantitative estimate of drug-likeness (QED) is 0.360. The fourth-order valence-electron chi connectivity index (χ4n) is 3.70. The predicted molar refractivity (Wildman–Crippen MR) is 141 cm³/mol. The molecule has 3 aromatic rings. The number of likely N-dealkylation sites (tertiary alicyclic amines) is 1. The smallest absolute Gasteiger partial charge is 0.323 e. The minimum Gasteiger partial charge on any atom is -0.454 e.